The van der Waals surface area contributed by atoms with Gasteiger partial charge in [-0.2, -0.15) is 0 Å². The second-order valence-electron chi connectivity index (χ2n) is 5.64. The number of fused-ring (bicyclic) bond motifs is 1. The largest absolute Gasteiger partial charge is 0.481 e. The van der Waals surface area contributed by atoms with Crippen LogP contribution in [-0.2, 0) is 9.59 Å². The molecule has 1 aliphatic heterocycles. The molecule has 6 nitrogen and oxygen atoms in total. The van der Waals surface area contributed by atoms with Gasteiger partial charge in [-0.3, -0.25) is 14.4 Å². The molecule has 1 atom stereocenters. The molecule has 0 saturated carbocycles. The quantitative estimate of drug-likeness (QED) is 0.643. The summed E-state index contributed by atoms with van der Waals surface area (Å²) < 4.78 is 5.56. The lowest BCUT2D eigenvalue weighted by molar-refractivity contribution is -0.137. The Hall–Kier alpha value is -2.63. The zero-order chi connectivity index (χ0) is 17.1. The van der Waals surface area contributed by atoms with E-state index in [1.165, 1.54) is 0 Å². The number of anilines is 1. The number of ether oxygens (including phenoxy) is 1. The summed E-state index contributed by atoms with van der Waals surface area (Å²) in [5, 5.41) is 8.67. The number of rotatable bonds is 6. The number of ketones is 1. The number of hydrogen-bond acceptors (Lipinski definition) is 4. The Morgan fingerprint density at radius 3 is 2.65 bits per heavy atom. The lowest BCUT2D eigenvalue weighted by Crippen LogP contribution is -2.45. The minimum Gasteiger partial charge on any atom is -0.481 e. The molecule has 1 amide bonds. The van der Waals surface area contributed by atoms with Gasteiger partial charge in [0, 0.05) is 18.5 Å². The zero-order valence-corrected chi connectivity index (χ0v) is 13.2. The fraction of sp³-hybridized carbons (Fsp3) is 0.353. The predicted molar refractivity (Wildman–Crippen MR) is 84.9 cm³/mol. The van der Waals surface area contributed by atoms with Crippen molar-refractivity contribution in [2.24, 2.45) is 0 Å². The van der Waals surface area contributed by atoms with Crippen LogP contribution in [0.1, 0.15) is 37.0 Å². The van der Waals surface area contributed by atoms with Gasteiger partial charge in [0.2, 0.25) is 0 Å². The number of benzene rings is 1. The lowest BCUT2D eigenvalue weighted by Gasteiger charge is -2.33. The Morgan fingerprint density at radius 2 is 2.04 bits per heavy atom. The summed E-state index contributed by atoms with van der Waals surface area (Å²) in [5.41, 5.74) is 1.68. The zero-order valence-electron chi connectivity index (χ0n) is 13.2. The molecule has 0 fully saturated rings. The van der Waals surface area contributed by atoms with Crippen molar-refractivity contribution in [1.29, 1.82) is 0 Å². The summed E-state index contributed by atoms with van der Waals surface area (Å²) in [6.07, 6.45) is -0.909. The molecule has 23 heavy (non-hydrogen) atoms. The van der Waals surface area contributed by atoms with Crippen LogP contribution in [0.5, 0.6) is 5.75 Å². The second-order valence-corrected chi connectivity index (χ2v) is 5.64. The van der Waals surface area contributed by atoms with Crippen molar-refractivity contribution >= 4 is 23.3 Å². The van der Waals surface area contributed by atoms with Gasteiger partial charge in [0.25, 0.3) is 5.91 Å². The molecule has 6 heteroatoms. The van der Waals surface area contributed by atoms with Crippen molar-refractivity contribution in [3.05, 3.63) is 35.9 Å². The van der Waals surface area contributed by atoms with Crippen LogP contribution in [0.25, 0.3) is 0 Å². The third-order valence-electron chi connectivity index (χ3n) is 3.48. The van der Waals surface area contributed by atoms with Gasteiger partial charge in [-0.25, -0.2) is 0 Å². The summed E-state index contributed by atoms with van der Waals surface area (Å²) >= 11 is 0. The molecule has 0 bridgehead atoms. The molecule has 122 valence electrons. The Balaban J connectivity index is 2.34. The van der Waals surface area contributed by atoms with Crippen molar-refractivity contribution in [3.63, 3.8) is 0 Å². The van der Waals surface area contributed by atoms with Gasteiger partial charge >= 0.3 is 5.97 Å². The highest BCUT2D eigenvalue weighted by molar-refractivity contribution is 6.03. The topological polar surface area (TPSA) is 83.9 Å². The maximum absolute atomic E-state index is 12.3. The molecule has 1 aromatic carbocycles. The maximum Gasteiger partial charge on any atom is 0.303 e. The van der Waals surface area contributed by atoms with Crippen LogP contribution in [0.4, 0.5) is 5.69 Å². The highest BCUT2D eigenvalue weighted by atomic mass is 16.5. The molecular weight excluding hydrogens is 298 g/mol. The van der Waals surface area contributed by atoms with E-state index in [0.717, 1.165) is 5.57 Å². The molecule has 0 aromatic heterocycles. The first-order valence-corrected chi connectivity index (χ1v) is 7.31. The number of carbonyl (C=O) groups excluding carboxylic acids is 2. The first-order chi connectivity index (χ1) is 10.8. The van der Waals surface area contributed by atoms with Gasteiger partial charge in [-0.15, -0.1) is 0 Å². The third kappa shape index (κ3) is 3.77. The van der Waals surface area contributed by atoms with E-state index >= 15 is 0 Å². The van der Waals surface area contributed by atoms with Crippen molar-refractivity contribution in [1.82, 2.24) is 0 Å². The summed E-state index contributed by atoms with van der Waals surface area (Å²) in [5.74, 6) is -0.979. The lowest BCUT2D eigenvalue weighted by atomic mass is 10.0. The van der Waals surface area contributed by atoms with Crippen molar-refractivity contribution in [2.45, 2.75) is 32.8 Å². The molecule has 1 heterocycles. The standard InChI is InChI=1S/C17H19NO5/c1-10(2)9-18-13-8-12(14(19)5-7-16(20)21)4-6-15(13)23-11(3)17(18)22/h4,6,8,11H,1,5,7,9H2,2-3H3,(H,20,21). The van der Waals surface area contributed by atoms with Crippen molar-refractivity contribution in [3.8, 4) is 5.75 Å². The number of nitrogens with zero attached hydrogens (tertiary/aromatic N) is 1. The molecule has 1 aliphatic rings. The Kier molecular flexibility index (Phi) is 4.83. The first-order valence-electron chi connectivity index (χ1n) is 7.31. The van der Waals surface area contributed by atoms with Gasteiger partial charge < -0.3 is 14.7 Å². The molecule has 0 aliphatic carbocycles. The maximum atomic E-state index is 12.3. The van der Waals surface area contributed by atoms with E-state index in [9.17, 15) is 14.4 Å². The fourth-order valence-electron chi connectivity index (χ4n) is 2.38. The van der Waals surface area contributed by atoms with E-state index in [-0.39, 0.29) is 24.5 Å². The number of carbonyl (C=O) groups is 3. The molecule has 1 unspecified atom stereocenters. The average molecular weight is 317 g/mol. The predicted octanol–water partition coefficient (Wildman–Crippen LogP) is 2.42. The van der Waals surface area contributed by atoms with Gasteiger partial charge in [0.1, 0.15) is 5.75 Å². The smallest absolute Gasteiger partial charge is 0.303 e. The van der Waals surface area contributed by atoms with E-state index in [0.29, 0.717) is 23.5 Å². The second kappa shape index (κ2) is 6.64. The summed E-state index contributed by atoms with van der Waals surface area (Å²) in [6, 6.07) is 4.80. The SMILES string of the molecule is C=C(C)CN1C(=O)C(C)Oc2ccc(C(=O)CCC(=O)O)cc21. The van der Waals surface area contributed by atoms with Crippen molar-refractivity contribution < 1.29 is 24.2 Å². The fourth-order valence-corrected chi connectivity index (χ4v) is 2.38. The summed E-state index contributed by atoms with van der Waals surface area (Å²) in [4.78, 5) is 36.5. The molecule has 1 aromatic rings. The van der Waals surface area contributed by atoms with Crippen molar-refractivity contribution in [2.75, 3.05) is 11.4 Å². The normalized spacial score (nSPS) is 16.5. The first kappa shape index (κ1) is 16.7. The van der Waals surface area contributed by atoms with Crippen LogP contribution in [-0.4, -0.2) is 35.4 Å². The molecule has 0 spiro atoms. The number of hydrogen-bond donors (Lipinski definition) is 1. The molecule has 0 radical (unpaired) electrons. The van der Waals surface area contributed by atoms with Crippen LogP contribution in [0.2, 0.25) is 0 Å². The van der Waals surface area contributed by atoms with Gasteiger partial charge in [-0.1, -0.05) is 12.2 Å². The van der Waals surface area contributed by atoms with E-state index in [1.54, 1.807) is 30.0 Å². The number of aliphatic carboxylic acids is 1. The highest BCUT2D eigenvalue weighted by Gasteiger charge is 2.31. The monoisotopic (exact) mass is 317 g/mol. The van der Waals surface area contributed by atoms with Gasteiger partial charge in [0.05, 0.1) is 12.1 Å². The van der Waals surface area contributed by atoms with Gasteiger partial charge in [-0.05, 0) is 32.0 Å². The van der Waals surface area contributed by atoms with E-state index < -0.39 is 12.1 Å². The Labute approximate surface area is 134 Å². The number of amides is 1. The van der Waals surface area contributed by atoms with Crippen LogP contribution >= 0.6 is 0 Å². The number of carboxylic acid groups (broad SMARTS) is 1. The van der Waals surface area contributed by atoms with Crippen LogP contribution in [0, 0.1) is 0 Å². The molecule has 2 rings (SSSR count). The minimum atomic E-state index is -1.02. The summed E-state index contributed by atoms with van der Waals surface area (Å²) in [7, 11) is 0. The third-order valence-corrected chi connectivity index (χ3v) is 3.48. The molecular formula is C17H19NO5. The number of carboxylic acids is 1. The number of Topliss-reactive ketones (excluding diaryl/α,β-unsaturated/α-hetero) is 1. The molecule has 0 saturated heterocycles. The van der Waals surface area contributed by atoms with E-state index in [4.69, 9.17) is 9.84 Å². The Bertz CT molecular complexity index is 680. The minimum absolute atomic E-state index is 0.0835. The van der Waals surface area contributed by atoms with Gasteiger partial charge in [0.15, 0.2) is 11.9 Å². The van der Waals surface area contributed by atoms with E-state index in [1.807, 2.05) is 6.92 Å². The van der Waals surface area contributed by atoms with Crippen LogP contribution in [0.15, 0.2) is 30.4 Å². The highest BCUT2D eigenvalue weighted by Crippen LogP contribution is 2.35. The average Bonchev–Trinajstić information content (AvgIpc) is 2.48. The molecule has 1 N–H and O–H groups in total. The Morgan fingerprint density at radius 1 is 1.35 bits per heavy atom. The van der Waals surface area contributed by atoms with E-state index in [2.05, 4.69) is 6.58 Å². The van der Waals surface area contributed by atoms with Crippen LogP contribution < -0.4 is 9.64 Å². The van der Waals surface area contributed by atoms with Crippen LogP contribution in [0.3, 0.4) is 0 Å². The summed E-state index contributed by atoms with van der Waals surface area (Å²) in [6.45, 7) is 7.64.